The van der Waals surface area contributed by atoms with E-state index in [2.05, 4.69) is 4.99 Å². The lowest BCUT2D eigenvalue weighted by molar-refractivity contribution is 0.100. The van der Waals surface area contributed by atoms with Gasteiger partial charge in [0.25, 0.3) is 0 Å². The van der Waals surface area contributed by atoms with E-state index in [1.165, 1.54) is 6.08 Å². The predicted molar refractivity (Wildman–Crippen MR) is 48.8 cm³/mol. The normalized spacial score (nSPS) is 9.00. The minimum atomic E-state index is -0.222. The average Bonchev–Trinajstić information content (AvgIpc) is 2.15. The average molecular weight is 196 g/mol. The molecular weight excluding hydrogens is 190 g/mol. The Bertz CT molecular complexity index is 352. The second-order valence-corrected chi connectivity index (χ2v) is 2.77. The van der Waals surface area contributed by atoms with Crippen LogP contribution in [-0.2, 0) is 4.79 Å². The molecule has 1 aromatic carbocycles. The van der Waals surface area contributed by atoms with E-state index < -0.39 is 0 Å². The lowest BCUT2D eigenvalue weighted by atomic mass is 10.1. The van der Waals surface area contributed by atoms with Gasteiger partial charge >= 0.3 is 0 Å². The second kappa shape index (κ2) is 4.55. The van der Waals surface area contributed by atoms with E-state index in [4.69, 9.17) is 11.6 Å². The highest BCUT2D eigenvalue weighted by Gasteiger charge is 2.03. The summed E-state index contributed by atoms with van der Waals surface area (Å²) in [5, 5.41) is 0.565. The molecule has 4 heteroatoms. The van der Waals surface area contributed by atoms with Gasteiger partial charge in [-0.05, 0) is 24.3 Å². The molecule has 0 heterocycles. The van der Waals surface area contributed by atoms with Crippen molar-refractivity contribution in [1.82, 2.24) is 0 Å². The number of Topliss-reactive ketones (excluding diaryl/α,β-unsaturated/α-hetero) is 1. The fraction of sp³-hybridized carbons (Fsp3) is 0.111. The van der Waals surface area contributed by atoms with Crippen molar-refractivity contribution in [3.05, 3.63) is 34.9 Å². The molecule has 66 valence electrons. The highest BCUT2D eigenvalue weighted by molar-refractivity contribution is 6.30. The second-order valence-electron chi connectivity index (χ2n) is 2.34. The molecule has 0 N–H and O–H groups in total. The van der Waals surface area contributed by atoms with Crippen LogP contribution in [-0.4, -0.2) is 18.4 Å². The van der Waals surface area contributed by atoms with Crippen LogP contribution in [0.3, 0.4) is 0 Å². The Morgan fingerprint density at radius 3 is 2.54 bits per heavy atom. The SMILES string of the molecule is O=C=NCC(=O)c1ccc(Cl)cc1. The Kier molecular flexibility index (Phi) is 3.38. The van der Waals surface area contributed by atoms with Crippen molar-refractivity contribution < 1.29 is 9.59 Å². The minimum Gasteiger partial charge on any atom is -0.292 e. The number of nitrogens with zero attached hydrogens (tertiary/aromatic N) is 1. The molecule has 0 aliphatic heterocycles. The summed E-state index contributed by atoms with van der Waals surface area (Å²) < 4.78 is 0. The van der Waals surface area contributed by atoms with Crippen molar-refractivity contribution >= 4 is 23.5 Å². The fourth-order valence-corrected chi connectivity index (χ4v) is 0.957. The standard InChI is InChI=1S/C9H6ClNO2/c10-8-3-1-7(2-4-8)9(13)5-11-6-12/h1-4H,5H2. The molecule has 0 aromatic heterocycles. The molecule has 0 spiro atoms. The first-order valence-electron chi connectivity index (χ1n) is 3.56. The van der Waals surface area contributed by atoms with Gasteiger partial charge in [-0.2, -0.15) is 4.99 Å². The number of ketones is 1. The zero-order valence-corrected chi connectivity index (χ0v) is 7.41. The summed E-state index contributed by atoms with van der Waals surface area (Å²) in [5.74, 6) is -0.222. The Morgan fingerprint density at radius 1 is 1.38 bits per heavy atom. The monoisotopic (exact) mass is 195 g/mol. The number of carbonyl (C=O) groups excluding carboxylic acids is 2. The van der Waals surface area contributed by atoms with Gasteiger partial charge in [0.1, 0.15) is 6.54 Å². The molecule has 0 aliphatic carbocycles. The largest absolute Gasteiger partial charge is 0.292 e. The third kappa shape index (κ3) is 2.82. The summed E-state index contributed by atoms with van der Waals surface area (Å²) in [6, 6.07) is 6.40. The Labute approximate surface area is 80.0 Å². The van der Waals surface area contributed by atoms with Gasteiger partial charge in [0, 0.05) is 10.6 Å². The van der Waals surface area contributed by atoms with Crippen molar-refractivity contribution in [2.24, 2.45) is 4.99 Å². The van der Waals surface area contributed by atoms with Gasteiger partial charge in [0.15, 0.2) is 5.78 Å². The molecule has 0 saturated heterocycles. The van der Waals surface area contributed by atoms with Crippen LogP contribution < -0.4 is 0 Å². The van der Waals surface area contributed by atoms with Crippen LogP contribution in [0.15, 0.2) is 29.3 Å². The zero-order valence-electron chi connectivity index (χ0n) is 6.66. The van der Waals surface area contributed by atoms with Crippen molar-refractivity contribution in [2.75, 3.05) is 6.54 Å². The first kappa shape index (κ1) is 9.65. The van der Waals surface area contributed by atoms with E-state index in [0.717, 1.165) is 0 Å². The first-order chi connectivity index (χ1) is 6.24. The summed E-state index contributed by atoms with van der Waals surface area (Å²) in [6.45, 7) is -0.162. The van der Waals surface area contributed by atoms with Gasteiger partial charge in [0.2, 0.25) is 6.08 Å². The molecule has 0 bridgehead atoms. The Morgan fingerprint density at radius 2 is 2.00 bits per heavy atom. The lowest BCUT2D eigenvalue weighted by Crippen LogP contribution is -2.02. The van der Waals surface area contributed by atoms with Gasteiger partial charge < -0.3 is 0 Å². The molecule has 0 atom stereocenters. The summed E-state index contributed by atoms with van der Waals surface area (Å²) in [4.78, 5) is 24.1. The summed E-state index contributed by atoms with van der Waals surface area (Å²) in [5.41, 5.74) is 0.489. The lowest BCUT2D eigenvalue weighted by Gasteiger charge is -1.95. The van der Waals surface area contributed by atoms with Crippen LogP contribution in [0.5, 0.6) is 0 Å². The Balaban J connectivity index is 2.77. The van der Waals surface area contributed by atoms with Crippen LogP contribution in [0.25, 0.3) is 0 Å². The van der Waals surface area contributed by atoms with Crippen molar-refractivity contribution in [3.8, 4) is 0 Å². The third-order valence-corrected chi connectivity index (χ3v) is 1.71. The number of carbonyl (C=O) groups is 1. The van der Waals surface area contributed by atoms with E-state index >= 15 is 0 Å². The van der Waals surface area contributed by atoms with Gasteiger partial charge in [0.05, 0.1) is 0 Å². The van der Waals surface area contributed by atoms with Crippen LogP contribution in [0.4, 0.5) is 0 Å². The van der Waals surface area contributed by atoms with Crippen LogP contribution in [0.2, 0.25) is 5.02 Å². The van der Waals surface area contributed by atoms with Crippen LogP contribution in [0, 0.1) is 0 Å². The van der Waals surface area contributed by atoms with Gasteiger partial charge in [-0.1, -0.05) is 11.6 Å². The minimum absolute atomic E-state index is 0.162. The van der Waals surface area contributed by atoms with Crippen molar-refractivity contribution in [1.29, 1.82) is 0 Å². The number of rotatable bonds is 3. The quantitative estimate of drug-likeness (QED) is 0.420. The molecule has 3 nitrogen and oxygen atoms in total. The Hall–Kier alpha value is -1.44. The fourth-order valence-electron chi connectivity index (χ4n) is 0.831. The van der Waals surface area contributed by atoms with Gasteiger partial charge in [-0.3, -0.25) is 4.79 Å². The van der Waals surface area contributed by atoms with Gasteiger partial charge in [-0.15, -0.1) is 0 Å². The summed E-state index contributed by atoms with van der Waals surface area (Å²) in [7, 11) is 0. The predicted octanol–water partition coefficient (Wildman–Crippen LogP) is 1.86. The number of benzene rings is 1. The van der Waals surface area contributed by atoms with Crippen molar-refractivity contribution in [3.63, 3.8) is 0 Å². The third-order valence-electron chi connectivity index (χ3n) is 1.45. The number of halogens is 1. The number of isocyanates is 1. The number of hydrogen-bond donors (Lipinski definition) is 0. The molecule has 0 aliphatic rings. The molecule has 13 heavy (non-hydrogen) atoms. The maximum absolute atomic E-state index is 11.2. The zero-order chi connectivity index (χ0) is 9.68. The molecule has 0 amide bonds. The van der Waals surface area contributed by atoms with Crippen LogP contribution >= 0.6 is 11.6 Å². The summed E-state index contributed by atoms with van der Waals surface area (Å²) >= 11 is 5.62. The topological polar surface area (TPSA) is 46.5 Å². The van der Waals surface area contributed by atoms with E-state index in [-0.39, 0.29) is 12.3 Å². The molecule has 0 unspecified atom stereocenters. The van der Waals surface area contributed by atoms with Crippen molar-refractivity contribution in [2.45, 2.75) is 0 Å². The number of aliphatic imine (C=N–C) groups is 1. The molecule has 0 saturated carbocycles. The molecule has 1 rings (SSSR count). The smallest absolute Gasteiger partial charge is 0.235 e. The van der Waals surface area contributed by atoms with E-state index in [9.17, 15) is 9.59 Å². The molecule has 0 radical (unpaired) electrons. The van der Waals surface area contributed by atoms with E-state index in [0.29, 0.717) is 10.6 Å². The van der Waals surface area contributed by atoms with E-state index in [1.54, 1.807) is 24.3 Å². The molecular formula is C9H6ClNO2. The highest BCUT2D eigenvalue weighted by Crippen LogP contribution is 2.09. The van der Waals surface area contributed by atoms with E-state index in [1.807, 2.05) is 0 Å². The molecule has 0 fully saturated rings. The highest BCUT2D eigenvalue weighted by atomic mass is 35.5. The van der Waals surface area contributed by atoms with Gasteiger partial charge in [-0.25, -0.2) is 4.79 Å². The maximum Gasteiger partial charge on any atom is 0.235 e. The maximum atomic E-state index is 11.2. The molecule has 1 aromatic rings. The van der Waals surface area contributed by atoms with Crippen LogP contribution in [0.1, 0.15) is 10.4 Å². The number of hydrogen-bond acceptors (Lipinski definition) is 3. The summed E-state index contributed by atoms with van der Waals surface area (Å²) in [6.07, 6.45) is 1.31. The first-order valence-corrected chi connectivity index (χ1v) is 3.94.